The van der Waals surface area contributed by atoms with Crippen molar-refractivity contribution >= 4 is 0 Å². The third-order valence-electron chi connectivity index (χ3n) is 2.82. The fourth-order valence-electron chi connectivity index (χ4n) is 1.88. The summed E-state index contributed by atoms with van der Waals surface area (Å²) in [7, 11) is 0. The van der Waals surface area contributed by atoms with E-state index in [4.69, 9.17) is 9.47 Å². The van der Waals surface area contributed by atoms with Gasteiger partial charge >= 0.3 is 0 Å². The normalized spacial score (nSPS) is 12.8. The van der Waals surface area contributed by atoms with Crippen LogP contribution in [0.1, 0.15) is 37.8 Å². The lowest BCUT2D eigenvalue weighted by Crippen LogP contribution is -2.23. The van der Waals surface area contributed by atoms with Gasteiger partial charge in [0.2, 0.25) is 0 Å². The first-order valence-corrected chi connectivity index (χ1v) is 6.53. The van der Waals surface area contributed by atoms with Gasteiger partial charge in [0.15, 0.2) is 0 Å². The van der Waals surface area contributed by atoms with Crippen LogP contribution in [0.5, 0.6) is 5.75 Å². The third-order valence-corrected chi connectivity index (χ3v) is 2.82. The van der Waals surface area contributed by atoms with E-state index < -0.39 is 6.10 Å². The van der Waals surface area contributed by atoms with Crippen molar-refractivity contribution in [3.8, 4) is 5.75 Å². The number of hydrogen-bond acceptors (Lipinski definition) is 3. The van der Waals surface area contributed by atoms with Gasteiger partial charge in [-0.25, -0.2) is 0 Å². The van der Waals surface area contributed by atoms with Gasteiger partial charge in [0.25, 0.3) is 0 Å². The van der Waals surface area contributed by atoms with Crippen LogP contribution in [0.4, 0.5) is 0 Å². The minimum Gasteiger partial charge on any atom is -0.491 e. The zero-order chi connectivity index (χ0) is 13.5. The lowest BCUT2D eigenvalue weighted by Gasteiger charge is -2.14. The lowest BCUT2D eigenvalue weighted by atomic mass is 9.98. The molecule has 3 nitrogen and oxygen atoms in total. The molecule has 0 aromatic heterocycles. The van der Waals surface area contributed by atoms with Crippen LogP contribution in [-0.2, 0) is 4.74 Å². The second kappa shape index (κ2) is 7.39. The molecule has 0 aliphatic carbocycles. The molecule has 0 saturated heterocycles. The first-order chi connectivity index (χ1) is 8.54. The molecule has 1 N–H and O–H groups in total. The smallest absolute Gasteiger partial charge is 0.119 e. The molecule has 3 heteroatoms. The van der Waals surface area contributed by atoms with Gasteiger partial charge in [0.05, 0.1) is 6.61 Å². The molecular formula is C15H24O3. The molecule has 0 fully saturated rings. The molecule has 1 rings (SSSR count). The monoisotopic (exact) mass is 252 g/mol. The summed E-state index contributed by atoms with van der Waals surface area (Å²) < 4.78 is 10.7. The number of rotatable bonds is 7. The van der Waals surface area contributed by atoms with Gasteiger partial charge in [-0.3, -0.25) is 0 Å². The van der Waals surface area contributed by atoms with Gasteiger partial charge in [0.1, 0.15) is 18.5 Å². The van der Waals surface area contributed by atoms with E-state index in [-0.39, 0.29) is 6.61 Å². The van der Waals surface area contributed by atoms with Crippen molar-refractivity contribution in [3.05, 3.63) is 29.3 Å². The Hall–Kier alpha value is -1.06. The van der Waals surface area contributed by atoms with E-state index >= 15 is 0 Å². The minimum absolute atomic E-state index is 0.264. The Morgan fingerprint density at radius 2 is 1.94 bits per heavy atom. The van der Waals surface area contributed by atoms with Gasteiger partial charge in [0, 0.05) is 6.61 Å². The second-order valence-corrected chi connectivity index (χ2v) is 4.80. The molecule has 18 heavy (non-hydrogen) atoms. The molecule has 1 aromatic rings. The molecule has 1 aromatic carbocycles. The lowest BCUT2D eigenvalue weighted by molar-refractivity contribution is 0.0164. The Bertz CT molecular complexity index is 361. The summed E-state index contributed by atoms with van der Waals surface area (Å²) in [5.41, 5.74) is 2.55. The standard InChI is InChI=1S/C15H24O3/c1-5-17-9-13(16)10-18-14-6-7-15(11(2)3)12(4)8-14/h6-8,11,13,16H,5,9-10H2,1-4H3. The van der Waals surface area contributed by atoms with Gasteiger partial charge in [-0.2, -0.15) is 0 Å². The Morgan fingerprint density at radius 3 is 2.50 bits per heavy atom. The van der Waals surface area contributed by atoms with Crippen molar-refractivity contribution in [1.29, 1.82) is 0 Å². The van der Waals surface area contributed by atoms with Crippen molar-refractivity contribution in [2.75, 3.05) is 19.8 Å². The average Bonchev–Trinajstić information content (AvgIpc) is 2.33. The van der Waals surface area contributed by atoms with Gasteiger partial charge in [-0.15, -0.1) is 0 Å². The van der Waals surface area contributed by atoms with Crippen LogP contribution >= 0.6 is 0 Å². The van der Waals surface area contributed by atoms with Crippen molar-refractivity contribution in [3.63, 3.8) is 0 Å². The zero-order valence-electron chi connectivity index (χ0n) is 11.8. The van der Waals surface area contributed by atoms with E-state index in [9.17, 15) is 5.11 Å². The molecule has 0 bridgehead atoms. The van der Waals surface area contributed by atoms with Crippen LogP contribution in [0.15, 0.2) is 18.2 Å². The van der Waals surface area contributed by atoms with Crippen molar-refractivity contribution in [2.45, 2.75) is 39.7 Å². The maximum Gasteiger partial charge on any atom is 0.119 e. The summed E-state index contributed by atoms with van der Waals surface area (Å²) >= 11 is 0. The van der Waals surface area contributed by atoms with Crippen LogP contribution in [0.3, 0.4) is 0 Å². The Labute approximate surface area is 110 Å². The summed E-state index contributed by atoms with van der Waals surface area (Å²) in [4.78, 5) is 0. The van der Waals surface area contributed by atoms with Crippen LogP contribution in [-0.4, -0.2) is 31.0 Å². The van der Waals surface area contributed by atoms with E-state index in [1.165, 1.54) is 11.1 Å². The topological polar surface area (TPSA) is 38.7 Å². The highest BCUT2D eigenvalue weighted by molar-refractivity contribution is 5.36. The fourth-order valence-corrected chi connectivity index (χ4v) is 1.88. The minimum atomic E-state index is -0.574. The van der Waals surface area contributed by atoms with Crippen molar-refractivity contribution < 1.29 is 14.6 Å². The molecule has 1 atom stereocenters. The van der Waals surface area contributed by atoms with Gasteiger partial charge < -0.3 is 14.6 Å². The van der Waals surface area contributed by atoms with Crippen LogP contribution in [0.2, 0.25) is 0 Å². The predicted molar refractivity (Wildman–Crippen MR) is 73.3 cm³/mol. The highest BCUT2D eigenvalue weighted by Crippen LogP contribution is 2.23. The number of aliphatic hydroxyl groups is 1. The molecule has 0 heterocycles. The second-order valence-electron chi connectivity index (χ2n) is 4.80. The van der Waals surface area contributed by atoms with E-state index in [0.717, 1.165) is 5.75 Å². The van der Waals surface area contributed by atoms with E-state index in [2.05, 4.69) is 26.8 Å². The highest BCUT2D eigenvalue weighted by Gasteiger charge is 2.07. The highest BCUT2D eigenvalue weighted by atomic mass is 16.5. The number of hydrogen-bond donors (Lipinski definition) is 1. The van der Waals surface area contributed by atoms with Gasteiger partial charge in [-0.05, 0) is 43.0 Å². The van der Waals surface area contributed by atoms with Gasteiger partial charge in [-0.1, -0.05) is 19.9 Å². The molecule has 1 unspecified atom stereocenters. The summed E-state index contributed by atoms with van der Waals surface area (Å²) in [5, 5.41) is 9.60. The quantitative estimate of drug-likeness (QED) is 0.811. The maximum absolute atomic E-state index is 9.60. The zero-order valence-corrected chi connectivity index (χ0v) is 11.8. The molecule has 0 aliphatic heterocycles. The molecule has 0 radical (unpaired) electrons. The number of aliphatic hydroxyl groups excluding tert-OH is 1. The predicted octanol–water partition coefficient (Wildman–Crippen LogP) is 2.89. The SMILES string of the molecule is CCOCC(O)COc1ccc(C(C)C)c(C)c1. The maximum atomic E-state index is 9.60. The molecule has 0 aliphatic rings. The first kappa shape index (κ1) is 15.0. The first-order valence-electron chi connectivity index (χ1n) is 6.53. The van der Waals surface area contributed by atoms with E-state index in [1.807, 2.05) is 19.1 Å². The van der Waals surface area contributed by atoms with Crippen LogP contribution in [0.25, 0.3) is 0 Å². The number of benzene rings is 1. The third kappa shape index (κ3) is 4.67. The Kier molecular flexibility index (Phi) is 6.16. The van der Waals surface area contributed by atoms with Crippen LogP contribution in [0, 0.1) is 6.92 Å². The number of ether oxygens (including phenoxy) is 2. The fraction of sp³-hybridized carbons (Fsp3) is 0.600. The molecular weight excluding hydrogens is 228 g/mol. The average molecular weight is 252 g/mol. The Balaban J connectivity index is 2.51. The molecule has 0 saturated carbocycles. The largest absolute Gasteiger partial charge is 0.491 e. The summed E-state index contributed by atoms with van der Waals surface area (Å²) in [6, 6.07) is 6.06. The molecule has 0 amide bonds. The molecule has 0 spiro atoms. The summed E-state index contributed by atoms with van der Waals surface area (Å²) in [6.45, 7) is 9.53. The summed E-state index contributed by atoms with van der Waals surface area (Å²) in [6.07, 6.45) is -0.574. The van der Waals surface area contributed by atoms with Crippen LogP contribution < -0.4 is 4.74 Å². The van der Waals surface area contributed by atoms with E-state index in [0.29, 0.717) is 19.1 Å². The van der Waals surface area contributed by atoms with E-state index in [1.54, 1.807) is 0 Å². The Morgan fingerprint density at radius 1 is 1.22 bits per heavy atom. The molecule has 102 valence electrons. The number of aryl methyl sites for hydroxylation is 1. The summed E-state index contributed by atoms with van der Waals surface area (Å²) in [5.74, 6) is 1.31. The van der Waals surface area contributed by atoms with Crippen molar-refractivity contribution in [2.24, 2.45) is 0 Å². The van der Waals surface area contributed by atoms with Crippen molar-refractivity contribution in [1.82, 2.24) is 0 Å².